The van der Waals surface area contributed by atoms with E-state index in [1.807, 2.05) is 0 Å². The molecule has 20 heavy (non-hydrogen) atoms. The lowest BCUT2D eigenvalue weighted by molar-refractivity contribution is -0.142. The first-order valence-electron chi connectivity index (χ1n) is 5.99. The third-order valence-corrected chi connectivity index (χ3v) is 3.11. The molecule has 0 spiro atoms. The summed E-state index contributed by atoms with van der Waals surface area (Å²) >= 11 is 0. The van der Waals surface area contributed by atoms with Crippen molar-refractivity contribution in [3.8, 4) is 0 Å². The van der Waals surface area contributed by atoms with E-state index in [1.165, 1.54) is 0 Å². The molecule has 0 saturated carbocycles. The van der Waals surface area contributed by atoms with E-state index in [0.717, 1.165) is 7.11 Å². The minimum Gasteiger partial charge on any atom is -0.468 e. The average Bonchev–Trinajstić information content (AvgIpc) is 2.45. The molecule has 0 heterocycles. The van der Waals surface area contributed by atoms with Gasteiger partial charge in [0.1, 0.15) is 6.04 Å². The Labute approximate surface area is 113 Å². The molecule has 0 amide bonds. The molecule has 0 aliphatic carbocycles. The van der Waals surface area contributed by atoms with Gasteiger partial charge < -0.3 is 10.5 Å². The topological polar surface area (TPSA) is 52.3 Å². The number of rotatable bonds is 5. The van der Waals surface area contributed by atoms with Gasteiger partial charge in [-0.15, -0.1) is 0 Å². The van der Waals surface area contributed by atoms with Crippen molar-refractivity contribution in [2.75, 3.05) is 7.11 Å². The molecule has 112 valence electrons. The van der Waals surface area contributed by atoms with Crippen molar-refractivity contribution in [1.82, 2.24) is 0 Å². The zero-order valence-electron chi connectivity index (χ0n) is 11.1. The van der Waals surface area contributed by atoms with Gasteiger partial charge >= 0.3 is 5.97 Å². The lowest BCUT2D eigenvalue weighted by atomic mass is 9.89. The summed E-state index contributed by atoms with van der Waals surface area (Å²) in [5.41, 5.74) is 5.19. The molecule has 2 atom stereocenters. The van der Waals surface area contributed by atoms with E-state index in [1.54, 1.807) is 6.92 Å². The monoisotopic (exact) mass is 293 g/mol. The van der Waals surface area contributed by atoms with Crippen LogP contribution in [0.15, 0.2) is 6.07 Å². The molecule has 1 aromatic carbocycles. The maximum absolute atomic E-state index is 13.7. The van der Waals surface area contributed by atoms with Gasteiger partial charge in [-0.1, -0.05) is 6.92 Å². The van der Waals surface area contributed by atoms with E-state index in [-0.39, 0.29) is 18.4 Å². The Bertz CT molecular complexity index is 508. The minimum atomic E-state index is -1.87. The number of halogens is 4. The highest BCUT2D eigenvalue weighted by atomic mass is 19.2. The van der Waals surface area contributed by atoms with Gasteiger partial charge in [-0.2, -0.15) is 0 Å². The summed E-state index contributed by atoms with van der Waals surface area (Å²) in [7, 11) is 1.14. The van der Waals surface area contributed by atoms with Gasteiger partial charge in [0, 0.05) is 0 Å². The summed E-state index contributed by atoms with van der Waals surface area (Å²) in [4.78, 5) is 11.2. The second-order valence-corrected chi connectivity index (χ2v) is 4.36. The van der Waals surface area contributed by atoms with Crippen molar-refractivity contribution in [3.63, 3.8) is 0 Å². The van der Waals surface area contributed by atoms with Crippen LogP contribution in [0.4, 0.5) is 17.6 Å². The molecule has 2 unspecified atom stereocenters. The predicted octanol–water partition coefficient (Wildman–Crippen LogP) is 2.63. The van der Waals surface area contributed by atoms with Crippen LogP contribution in [-0.2, 0) is 9.53 Å². The van der Waals surface area contributed by atoms with Crippen LogP contribution in [0.25, 0.3) is 0 Å². The van der Waals surface area contributed by atoms with Crippen LogP contribution in [0.5, 0.6) is 0 Å². The van der Waals surface area contributed by atoms with Gasteiger partial charge in [0.2, 0.25) is 0 Å². The highest BCUT2D eigenvalue weighted by Crippen LogP contribution is 2.30. The highest BCUT2D eigenvalue weighted by molar-refractivity contribution is 5.75. The van der Waals surface area contributed by atoms with Crippen LogP contribution in [-0.4, -0.2) is 19.1 Å². The summed E-state index contributed by atoms with van der Waals surface area (Å²) in [5.74, 6) is -8.12. The fraction of sp³-hybridized carbons (Fsp3) is 0.462. The largest absolute Gasteiger partial charge is 0.468 e. The summed E-state index contributed by atoms with van der Waals surface area (Å²) in [6.45, 7) is 1.63. The molecule has 0 saturated heterocycles. The van der Waals surface area contributed by atoms with Crippen LogP contribution < -0.4 is 5.73 Å². The summed E-state index contributed by atoms with van der Waals surface area (Å²) in [6.07, 6.45) is 0.205. The molecule has 0 radical (unpaired) electrons. The SMILES string of the molecule is CCC(CC(N)C(=O)OC)c1cc(F)c(F)c(F)c1F. The quantitative estimate of drug-likeness (QED) is 0.393. The summed E-state index contributed by atoms with van der Waals surface area (Å²) in [5, 5.41) is 0. The number of hydrogen-bond acceptors (Lipinski definition) is 3. The molecule has 0 aromatic heterocycles. The van der Waals surface area contributed by atoms with Gasteiger partial charge in [-0.05, 0) is 30.4 Å². The number of carbonyl (C=O) groups is 1. The second-order valence-electron chi connectivity index (χ2n) is 4.36. The van der Waals surface area contributed by atoms with Crippen LogP contribution in [0.1, 0.15) is 31.2 Å². The number of ether oxygens (including phenoxy) is 1. The fourth-order valence-electron chi connectivity index (χ4n) is 1.96. The Morgan fingerprint density at radius 2 is 1.85 bits per heavy atom. The molecular weight excluding hydrogens is 278 g/mol. The van der Waals surface area contributed by atoms with Crippen LogP contribution in [0, 0.1) is 23.3 Å². The zero-order chi connectivity index (χ0) is 15.4. The molecule has 0 bridgehead atoms. The van der Waals surface area contributed by atoms with E-state index >= 15 is 0 Å². The Hall–Kier alpha value is -1.63. The predicted molar refractivity (Wildman–Crippen MR) is 63.9 cm³/mol. The maximum atomic E-state index is 13.7. The van der Waals surface area contributed by atoms with Crippen LogP contribution in [0.3, 0.4) is 0 Å². The van der Waals surface area contributed by atoms with Gasteiger partial charge in [0.05, 0.1) is 7.11 Å². The van der Waals surface area contributed by atoms with Crippen molar-refractivity contribution in [2.24, 2.45) is 5.73 Å². The smallest absolute Gasteiger partial charge is 0.322 e. The number of methoxy groups -OCH3 is 1. The normalized spacial score (nSPS) is 13.9. The molecule has 1 rings (SSSR count). The molecule has 0 aliphatic rings. The van der Waals surface area contributed by atoms with Crippen molar-refractivity contribution in [1.29, 1.82) is 0 Å². The third-order valence-electron chi connectivity index (χ3n) is 3.11. The van der Waals surface area contributed by atoms with Gasteiger partial charge in [-0.3, -0.25) is 4.79 Å². The Morgan fingerprint density at radius 1 is 1.25 bits per heavy atom. The van der Waals surface area contributed by atoms with E-state index < -0.39 is 41.2 Å². The number of nitrogens with two attached hydrogens (primary N) is 1. The third kappa shape index (κ3) is 3.27. The van der Waals surface area contributed by atoms with Crippen LogP contribution >= 0.6 is 0 Å². The van der Waals surface area contributed by atoms with Gasteiger partial charge in [0.25, 0.3) is 0 Å². The fourth-order valence-corrected chi connectivity index (χ4v) is 1.96. The van der Waals surface area contributed by atoms with E-state index in [2.05, 4.69) is 4.74 Å². The maximum Gasteiger partial charge on any atom is 0.322 e. The Kier molecular flexibility index (Phi) is 5.50. The average molecular weight is 293 g/mol. The second kappa shape index (κ2) is 6.69. The lowest BCUT2D eigenvalue weighted by Gasteiger charge is -2.19. The van der Waals surface area contributed by atoms with Gasteiger partial charge in [0.15, 0.2) is 23.3 Å². The molecule has 7 heteroatoms. The first kappa shape index (κ1) is 16.4. The molecule has 2 N–H and O–H groups in total. The van der Waals surface area contributed by atoms with Crippen molar-refractivity contribution in [2.45, 2.75) is 31.7 Å². The molecule has 3 nitrogen and oxygen atoms in total. The van der Waals surface area contributed by atoms with Crippen molar-refractivity contribution >= 4 is 5.97 Å². The Balaban J connectivity index is 3.10. The number of carbonyl (C=O) groups excluding carboxylic acids is 1. The first-order valence-corrected chi connectivity index (χ1v) is 5.99. The van der Waals surface area contributed by atoms with E-state index in [4.69, 9.17) is 5.73 Å². The standard InChI is InChI=1S/C13H15F4NO2/c1-3-6(4-9(18)13(19)20-2)7-5-8(14)11(16)12(17)10(7)15/h5-6,9H,3-4,18H2,1-2H3. The van der Waals surface area contributed by atoms with Crippen LogP contribution in [0.2, 0.25) is 0 Å². The Morgan fingerprint density at radius 3 is 2.35 bits per heavy atom. The number of hydrogen-bond donors (Lipinski definition) is 1. The zero-order valence-corrected chi connectivity index (χ0v) is 11.1. The molecule has 0 fully saturated rings. The molecular formula is C13H15F4NO2. The van der Waals surface area contributed by atoms with E-state index in [9.17, 15) is 22.4 Å². The highest BCUT2D eigenvalue weighted by Gasteiger charge is 2.26. The number of benzene rings is 1. The van der Waals surface area contributed by atoms with Crippen molar-refractivity contribution < 1.29 is 27.1 Å². The minimum absolute atomic E-state index is 0.0649. The molecule has 1 aromatic rings. The van der Waals surface area contributed by atoms with E-state index in [0.29, 0.717) is 6.07 Å². The summed E-state index contributed by atoms with van der Waals surface area (Å²) < 4.78 is 57.4. The van der Waals surface area contributed by atoms with Crippen molar-refractivity contribution in [3.05, 3.63) is 34.9 Å². The number of esters is 1. The summed E-state index contributed by atoms with van der Waals surface area (Å²) in [6, 6.07) is -0.466. The molecule has 0 aliphatic heterocycles. The first-order chi connectivity index (χ1) is 9.33. The lowest BCUT2D eigenvalue weighted by Crippen LogP contribution is -2.33. The van der Waals surface area contributed by atoms with Gasteiger partial charge in [-0.25, -0.2) is 17.6 Å².